The summed E-state index contributed by atoms with van der Waals surface area (Å²) in [7, 11) is 0. The highest BCUT2D eigenvalue weighted by Gasteiger charge is 2.11. The first-order valence-corrected chi connectivity index (χ1v) is 6.93. The van der Waals surface area contributed by atoms with Gasteiger partial charge in [-0.2, -0.15) is 5.26 Å². The molecule has 2 heterocycles. The van der Waals surface area contributed by atoms with Crippen molar-refractivity contribution in [3.8, 4) is 6.07 Å². The summed E-state index contributed by atoms with van der Waals surface area (Å²) in [6.07, 6.45) is 2.58. The van der Waals surface area contributed by atoms with Gasteiger partial charge in [0.15, 0.2) is 0 Å². The van der Waals surface area contributed by atoms with Crippen LogP contribution in [0.3, 0.4) is 0 Å². The number of rotatable bonds is 4. The molecule has 0 unspecified atom stereocenters. The van der Waals surface area contributed by atoms with E-state index in [-0.39, 0.29) is 0 Å². The third kappa shape index (κ3) is 2.77. The average molecular weight is 267 g/mol. The number of benzene rings is 1. The summed E-state index contributed by atoms with van der Waals surface area (Å²) in [6, 6.07) is 14.0. The van der Waals surface area contributed by atoms with Gasteiger partial charge in [0, 0.05) is 24.5 Å². The standard InChI is InChI=1S/C16H17N3O/c17-11-15-7-8-16(20-15)12-18-13-3-5-14(6-4-13)19-9-1-2-10-19/h3-8,18H,1-2,9-10,12H2. The van der Waals surface area contributed by atoms with Crippen molar-refractivity contribution in [2.45, 2.75) is 19.4 Å². The van der Waals surface area contributed by atoms with Crippen LogP contribution in [0.5, 0.6) is 0 Å². The highest BCUT2D eigenvalue weighted by Crippen LogP contribution is 2.22. The maximum atomic E-state index is 8.70. The van der Waals surface area contributed by atoms with Crippen LogP contribution in [-0.2, 0) is 6.54 Å². The van der Waals surface area contributed by atoms with E-state index < -0.39 is 0 Å². The average Bonchev–Trinajstić information content (AvgIpc) is 3.17. The van der Waals surface area contributed by atoms with E-state index in [4.69, 9.17) is 9.68 Å². The Morgan fingerprint density at radius 1 is 1.10 bits per heavy atom. The summed E-state index contributed by atoms with van der Waals surface area (Å²) in [5, 5.41) is 12.0. The number of hydrogen-bond acceptors (Lipinski definition) is 4. The molecule has 4 nitrogen and oxygen atoms in total. The normalized spacial score (nSPS) is 14.2. The van der Waals surface area contributed by atoms with Gasteiger partial charge in [-0.1, -0.05) is 0 Å². The van der Waals surface area contributed by atoms with E-state index in [1.54, 1.807) is 6.07 Å². The van der Waals surface area contributed by atoms with Crippen molar-refractivity contribution in [1.82, 2.24) is 0 Å². The SMILES string of the molecule is N#Cc1ccc(CNc2ccc(N3CCCC3)cc2)o1. The minimum Gasteiger partial charge on any atom is -0.449 e. The second kappa shape index (κ2) is 5.70. The lowest BCUT2D eigenvalue weighted by Gasteiger charge is -2.17. The molecule has 1 N–H and O–H groups in total. The Bertz CT molecular complexity index is 603. The first-order valence-electron chi connectivity index (χ1n) is 6.93. The van der Waals surface area contributed by atoms with Gasteiger partial charge < -0.3 is 14.6 Å². The van der Waals surface area contributed by atoms with Crippen molar-refractivity contribution in [2.75, 3.05) is 23.3 Å². The Labute approximate surface area is 118 Å². The van der Waals surface area contributed by atoms with Crippen LogP contribution in [0.4, 0.5) is 11.4 Å². The van der Waals surface area contributed by atoms with Crippen molar-refractivity contribution in [3.63, 3.8) is 0 Å². The van der Waals surface area contributed by atoms with E-state index in [1.807, 2.05) is 12.1 Å². The summed E-state index contributed by atoms with van der Waals surface area (Å²) in [5.74, 6) is 1.12. The number of anilines is 2. The molecule has 1 saturated heterocycles. The van der Waals surface area contributed by atoms with Gasteiger partial charge in [0.05, 0.1) is 6.54 Å². The molecule has 0 atom stereocenters. The molecule has 102 valence electrons. The number of nitriles is 1. The quantitative estimate of drug-likeness (QED) is 0.922. The Kier molecular flexibility index (Phi) is 3.60. The molecule has 1 aliphatic rings. The van der Waals surface area contributed by atoms with Gasteiger partial charge in [0.1, 0.15) is 11.8 Å². The van der Waals surface area contributed by atoms with E-state index >= 15 is 0 Å². The second-order valence-electron chi connectivity index (χ2n) is 4.97. The summed E-state index contributed by atoms with van der Waals surface area (Å²) < 4.78 is 5.33. The summed E-state index contributed by atoms with van der Waals surface area (Å²) in [6.45, 7) is 2.91. The Morgan fingerprint density at radius 2 is 1.85 bits per heavy atom. The maximum absolute atomic E-state index is 8.70. The molecule has 1 aromatic heterocycles. The zero-order valence-corrected chi connectivity index (χ0v) is 11.3. The van der Waals surface area contributed by atoms with Crippen LogP contribution in [0, 0.1) is 11.3 Å². The molecule has 0 amide bonds. The molecule has 0 aliphatic carbocycles. The number of hydrogen-bond donors (Lipinski definition) is 1. The molecular weight excluding hydrogens is 250 g/mol. The fraction of sp³-hybridized carbons (Fsp3) is 0.312. The first-order chi connectivity index (χ1) is 9.85. The third-order valence-electron chi connectivity index (χ3n) is 3.58. The van der Waals surface area contributed by atoms with Crippen LogP contribution < -0.4 is 10.2 Å². The molecule has 0 bridgehead atoms. The van der Waals surface area contributed by atoms with E-state index in [0.29, 0.717) is 12.3 Å². The van der Waals surface area contributed by atoms with Crippen LogP contribution in [0.25, 0.3) is 0 Å². The fourth-order valence-electron chi connectivity index (χ4n) is 2.49. The van der Waals surface area contributed by atoms with Crippen molar-refractivity contribution < 1.29 is 4.42 Å². The van der Waals surface area contributed by atoms with E-state index in [1.165, 1.54) is 18.5 Å². The number of nitrogens with one attached hydrogen (secondary N) is 1. The lowest BCUT2D eigenvalue weighted by atomic mass is 10.2. The van der Waals surface area contributed by atoms with Crippen LogP contribution in [0.2, 0.25) is 0 Å². The molecule has 0 spiro atoms. The van der Waals surface area contributed by atoms with Gasteiger partial charge in [-0.3, -0.25) is 0 Å². The molecule has 4 heteroatoms. The summed E-state index contributed by atoms with van der Waals surface area (Å²) in [5.41, 5.74) is 2.35. The minimum atomic E-state index is 0.353. The molecule has 3 rings (SSSR count). The highest BCUT2D eigenvalue weighted by atomic mass is 16.3. The van der Waals surface area contributed by atoms with Gasteiger partial charge in [0.2, 0.25) is 5.76 Å². The number of furan rings is 1. The van der Waals surface area contributed by atoms with Crippen molar-refractivity contribution in [3.05, 3.63) is 47.9 Å². The lowest BCUT2D eigenvalue weighted by molar-refractivity contribution is 0.506. The topological polar surface area (TPSA) is 52.2 Å². The van der Waals surface area contributed by atoms with Crippen LogP contribution in [0.15, 0.2) is 40.8 Å². The molecular formula is C16H17N3O. The maximum Gasteiger partial charge on any atom is 0.203 e. The van der Waals surface area contributed by atoms with E-state index in [9.17, 15) is 0 Å². The largest absolute Gasteiger partial charge is 0.449 e. The van der Waals surface area contributed by atoms with E-state index in [2.05, 4.69) is 34.5 Å². The fourth-order valence-corrected chi connectivity index (χ4v) is 2.49. The molecule has 1 aromatic carbocycles. The van der Waals surface area contributed by atoms with Gasteiger partial charge >= 0.3 is 0 Å². The smallest absolute Gasteiger partial charge is 0.203 e. The third-order valence-corrected chi connectivity index (χ3v) is 3.58. The lowest BCUT2D eigenvalue weighted by Crippen LogP contribution is -2.17. The summed E-state index contributed by atoms with van der Waals surface area (Å²) >= 11 is 0. The molecule has 20 heavy (non-hydrogen) atoms. The summed E-state index contributed by atoms with van der Waals surface area (Å²) in [4.78, 5) is 2.41. The number of nitrogens with zero attached hydrogens (tertiary/aromatic N) is 2. The predicted octanol–water partition coefficient (Wildman–Crippen LogP) is 3.36. The minimum absolute atomic E-state index is 0.353. The molecule has 2 aromatic rings. The van der Waals surface area contributed by atoms with Gasteiger partial charge in [0.25, 0.3) is 0 Å². The van der Waals surface area contributed by atoms with Crippen LogP contribution >= 0.6 is 0 Å². The molecule has 1 fully saturated rings. The zero-order chi connectivity index (χ0) is 13.8. The second-order valence-corrected chi connectivity index (χ2v) is 4.97. The van der Waals surface area contributed by atoms with Gasteiger partial charge in [-0.05, 0) is 49.2 Å². The zero-order valence-electron chi connectivity index (χ0n) is 11.3. The van der Waals surface area contributed by atoms with Crippen molar-refractivity contribution in [2.24, 2.45) is 0 Å². The Morgan fingerprint density at radius 3 is 2.50 bits per heavy atom. The molecule has 1 aliphatic heterocycles. The van der Waals surface area contributed by atoms with Crippen LogP contribution in [-0.4, -0.2) is 13.1 Å². The van der Waals surface area contributed by atoms with E-state index in [0.717, 1.165) is 24.5 Å². The molecule has 0 radical (unpaired) electrons. The van der Waals surface area contributed by atoms with Gasteiger partial charge in [-0.15, -0.1) is 0 Å². The first kappa shape index (κ1) is 12.6. The Balaban J connectivity index is 1.59. The molecule has 0 saturated carbocycles. The van der Waals surface area contributed by atoms with Gasteiger partial charge in [-0.25, -0.2) is 0 Å². The Hall–Kier alpha value is -2.41. The van der Waals surface area contributed by atoms with Crippen molar-refractivity contribution >= 4 is 11.4 Å². The van der Waals surface area contributed by atoms with Crippen molar-refractivity contribution in [1.29, 1.82) is 5.26 Å². The van der Waals surface area contributed by atoms with Crippen LogP contribution in [0.1, 0.15) is 24.4 Å². The predicted molar refractivity (Wildman–Crippen MR) is 78.6 cm³/mol. The highest BCUT2D eigenvalue weighted by molar-refractivity contribution is 5.55. The monoisotopic (exact) mass is 267 g/mol.